The van der Waals surface area contributed by atoms with Crippen LogP contribution < -0.4 is 5.43 Å². The smallest absolute Gasteiger partial charge is 0.289 e. The number of furan rings is 2. The molecule has 5 rings (SSSR count). The molecule has 2 amide bonds. The maximum Gasteiger partial charge on any atom is 0.289 e. The molecule has 37 heavy (non-hydrogen) atoms. The number of carbonyl (C=O) groups is 2. The van der Waals surface area contributed by atoms with Crippen LogP contribution in [0.15, 0.2) is 32.3 Å². The molecule has 8 nitrogen and oxygen atoms in total. The number of rotatable bonds is 5. The van der Waals surface area contributed by atoms with E-state index in [-0.39, 0.29) is 24.3 Å². The van der Waals surface area contributed by atoms with Gasteiger partial charge >= 0.3 is 0 Å². The molecule has 0 radical (unpaired) electrons. The van der Waals surface area contributed by atoms with Crippen molar-refractivity contribution < 1.29 is 18.4 Å². The van der Waals surface area contributed by atoms with Crippen LogP contribution >= 0.6 is 0 Å². The molecule has 3 heterocycles. The van der Waals surface area contributed by atoms with Gasteiger partial charge in [0.2, 0.25) is 5.91 Å². The molecule has 1 aromatic carbocycles. The fraction of sp³-hybridized carbons (Fsp3) is 0.483. The van der Waals surface area contributed by atoms with Crippen LogP contribution in [-0.4, -0.2) is 60.6 Å². The summed E-state index contributed by atoms with van der Waals surface area (Å²) in [5.74, 6) is 0.883. The summed E-state index contributed by atoms with van der Waals surface area (Å²) in [4.78, 5) is 30.3. The van der Waals surface area contributed by atoms with E-state index >= 15 is 0 Å². The van der Waals surface area contributed by atoms with Crippen molar-refractivity contribution in [1.29, 1.82) is 0 Å². The summed E-state index contributed by atoms with van der Waals surface area (Å²) in [6, 6.07) is 4.26. The van der Waals surface area contributed by atoms with Gasteiger partial charge in [0.05, 0.1) is 18.4 Å². The maximum absolute atomic E-state index is 13.4. The summed E-state index contributed by atoms with van der Waals surface area (Å²) in [7, 11) is 3.98. The zero-order valence-electron chi connectivity index (χ0n) is 22.4. The number of piperidine rings is 1. The van der Waals surface area contributed by atoms with Gasteiger partial charge in [0.25, 0.3) is 5.91 Å². The van der Waals surface area contributed by atoms with E-state index in [2.05, 4.69) is 22.5 Å². The Labute approximate surface area is 217 Å². The third kappa shape index (κ3) is 4.82. The van der Waals surface area contributed by atoms with Crippen LogP contribution in [0.3, 0.4) is 0 Å². The highest BCUT2D eigenvalue weighted by atomic mass is 16.4. The van der Waals surface area contributed by atoms with Crippen LogP contribution in [0.5, 0.6) is 0 Å². The Morgan fingerprint density at radius 1 is 1.14 bits per heavy atom. The molecule has 196 valence electrons. The van der Waals surface area contributed by atoms with Gasteiger partial charge in [-0.1, -0.05) is 12.1 Å². The zero-order valence-corrected chi connectivity index (χ0v) is 22.4. The second-order valence-corrected chi connectivity index (χ2v) is 10.6. The Morgan fingerprint density at radius 2 is 1.89 bits per heavy atom. The van der Waals surface area contributed by atoms with Gasteiger partial charge in [0.1, 0.15) is 11.3 Å². The molecule has 2 aromatic heterocycles. The van der Waals surface area contributed by atoms with Gasteiger partial charge < -0.3 is 18.6 Å². The van der Waals surface area contributed by atoms with Crippen molar-refractivity contribution in [3.8, 4) is 0 Å². The Hall–Kier alpha value is -3.39. The number of hydrazone groups is 1. The lowest BCUT2D eigenvalue weighted by atomic mass is 9.93. The number of nitrogens with zero attached hydrogens (tertiary/aromatic N) is 3. The minimum absolute atomic E-state index is 0.0813. The largest absolute Gasteiger partial charge is 0.464 e. The molecule has 8 heteroatoms. The topological polar surface area (TPSA) is 91.3 Å². The van der Waals surface area contributed by atoms with Crippen molar-refractivity contribution >= 4 is 28.5 Å². The Bertz CT molecular complexity index is 1370. The molecule has 1 fully saturated rings. The van der Waals surface area contributed by atoms with E-state index in [4.69, 9.17) is 8.83 Å². The molecule has 0 atom stereocenters. The molecule has 3 aromatic rings. The molecule has 1 saturated heterocycles. The normalized spacial score (nSPS) is 17.8. The van der Waals surface area contributed by atoms with E-state index in [0.717, 1.165) is 95.5 Å². The number of carbonyl (C=O) groups excluding carboxylic acids is 2. The van der Waals surface area contributed by atoms with E-state index in [9.17, 15) is 9.59 Å². The predicted octanol–water partition coefficient (Wildman–Crippen LogP) is 4.52. The standard InChI is InChI=1S/C29H36N4O4/c1-17-9-10-22-20(16-36-27(22)18(17)2)15-25(34)31-30-23-7-6-8-24-26(23)19(3)28(37-24)29(35)33(5)21-11-13-32(4)14-12-21/h9-10,16,21H,6-8,11-15H2,1-5H3,(H,31,34)/b30-23+. The monoisotopic (exact) mass is 504 g/mol. The molecular formula is C29H36N4O4. The van der Waals surface area contributed by atoms with Crippen LogP contribution in [-0.2, 0) is 17.6 Å². The van der Waals surface area contributed by atoms with E-state index in [1.807, 2.05) is 44.9 Å². The van der Waals surface area contributed by atoms with Gasteiger partial charge in [-0.25, -0.2) is 5.43 Å². The maximum atomic E-state index is 13.4. The van der Waals surface area contributed by atoms with Crippen molar-refractivity contribution in [3.05, 3.63) is 57.7 Å². The molecule has 0 saturated carbocycles. The molecule has 1 N–H and O–H groups in total. The minimum Gasteiger partial charge on any atom is -0.464 e. The van der Waals surface area contributed by atoms with Gasteiger partial charge in [0.15, 0.2) is 5.76 Å². The summed E-state index contributed by atoms with van der Waals surface area (Å²) in [5.41, 5.74) is 9.07. The molecule has 1 aliphatic carbocycles. The molecule has 0 unspecified atom stereocenters. The molecule has 1 aliphatic heterocycles. The lowest BCUT2D eigenvalue weighted by Gasteiger charge is -2.34. The van der Waals surface area contributed by atoms with E-state index in [1.54, 1.807) is 6.26 Å². The first-order valence-corrected chi connectivity index (χ1v) is 13.1. The fourth-order valence-corrected chi connectivity index (χ4v) is 5.56. The van der Waals surface area contributed by atoms with Crippen molar-refractivity contribution in [3.63, 3.8) is 0 Å². The minimum atomic E-state index is -0.208. The van der Waals surface area contributed by atoms with Crippen molar-refractivity contribution in [2.24, 2.45) is 5.10 Å². The summed E-state index contributed by atoms with van der Waals surface area (Å²) >= 11 is 0. The third-order valence-electron chi connectivity index (χ3n) is 8.08. The van der Waals surface area contributed by atoms with Crippen LogP contribution in [0, 0.1) is 20.8 Å². The zero-order chi connectivity index (χ0) is 26.3. The summed E-state index contributed by atoms with van der Waals surface area (Å²) < 4.78 is 11.9. The summed E-state index contributed by atoms with van der Waals surface area (Å²) in [5, 5.41) is 5.44. The van der Waals surface area contributed by atoms with Gasteiger partial charge in [-0.3, -0.25) is 9.59 Å². The lowest BCUT2D eigenvalue weighted by molar-refractivity contribution is -0.120. The number of amides is 2. The van der Waals surface area contributed by atoms with Gasteiger partial charge in [-0.2, -0.15) is 5.10 Å². The first kappa shape index (κ1) is 25.3. The third-order valence-corrected chi connectivity index (χ3v) is 8.08. The van der Waals surface area contributed by atoms with Gasteiger partial charge in [-0.15, -0.1) is 0 Å². The molecule has 0 bridgehead atoms. The second kappa shape index (κ2) is 10.2. The number of likely N-dealkylation sites (tertiary alicyclic amines) is 1. The van der Waals surface area contributed by atoms with Crippen LogP contribution in [0.25, 0.3) is 11.0 Å². The molecule has 0 spiro atoms. The Balaban J connectivity index is 1.31. The van der Waals surface area contributed by atoms with Crippen LogP contribution in [0.4, 0.5) is 0 Å². The Kier molecular flexibility index (Phi) is 6.94. The highest BCUT2D eigenvalue weighted by Crippen LogP contribution is 2.31. The van der Waals surface area contributed by atoms with Crippen molar-refractivity contribution in [2.45, 2.75) is 65.3 Å². The average molecular weight is 505 g/mol. The van der Waals surface area contributed by atoms with Crippen LogP contribution in [0.2, 0.25) is 0 Å². The first-order valence-electron chi connectivity index (χ1n) is 13.1. The quantitative estimate of drug-likeness (QED) is 0.516. The van der Waals surface area contributed by atoms with Gasteiger partial charge in [-0.05, 0) is 77.7 Å². The van der Waals surface area contributed by atoms with Crippen molar-refractivity contribution in [2.75, 3.05) is 27.2 Å². The first-order chi connectivity index (χ1) is 17.7. The number of aryl methyl sites for hydroxylation is 3. The van der Waals surface area contributed by atoms with E-state index in [0.29, 0.717) is 5.76 Å². The van der Waals surface area contributed by atoms with Gasteiger partial charge in [0, 0.05) is 41.6 Å². The second-order valence-electron chi connectivity index (χ2n) is 10.6. The summed E-state index contributed by atoms with van der Waals surface area (Å²) in [6.45, 7) is 7.96. The average Bonchev–Trinajstić information content (AvgIpc) is 3.46. The van der Waals surface area contributed by atoms with Crippen molar-refractivity contribution in [1.82, 2.24) is 15.2 Å². The fourth-order valence-electron chi connectivity index (χ4n) is 5.56. The van der Waals surface area contributed by atoms with E-state index in [1.165, 1.54) is 0 Å². The number of hydrogen-bond acceptors (Lipinski definition) is 6. The number of hydrogen-bond donors (Lipinski definition) is 1. The number of fused-ring (bicyclic) bond motifs is 2. The lowest BCUT2D eigenvalue weighted by Crippen LogP contribution is -2.44. The van der Waals surface area contributed by atoms with Crippen LogP contribution in [0.1, 0.15) is 69.8 Å². The van der Waals surface area contributed by atoms with E-state index < -0.39 is 0 Å². The highest BCUT2D eigenvalue weighted by Gasteiger charge is 2.32. The molecular weight excluding hydrogens is 468 g/mol. The molecule has 2 aliphatic rings. The Morgan fingerprint density at radius 3 is 2.65 bits per heavy atom. The number of nitrogens with one attached hydrogen (secondary N) is 1. The SMILES string of the molecule is Cc1ccc2c(CC(=O)N/N=C3\CCCc4oc(C(=O)N(C)C5CCN(C)CC5)c(C)c43)coc2c1C. The summed E-state index contributed by atoms with van der Waals surface area (Å²) in [6.07, 6.45) is 6.09. The predicted molar refractivity (Wildman–Crippen MR) is 143 cm³/mol. The number of benzene rings is 1. The highest BCUT2D eigenvalue weighted by molar-refractivity contribution is 6.06.